The zero-order valence-corrected chi connectivity index (χ0v) is 20.4. The van der Waals surface area contributed by atoms with E-state index in [2.05, 4.69) is 37.2 Å². The van der Waals surface area contributed by atoms with Crippen LogP contribution in [0.5, 0.6) is 11.5 Å². The van der Waals surface area contributed by atoms with Crippen molar-refractivity contribution in [3.05, 3.63) is 92.4 Å². The summed E-state index contributed by atoms with van der Waals surface area (Å²) in [6.45, 7) is 2.83. The third-order valence-electron chi connectivity index (χ3n) is 4.37. The molecule has 1 N–H and O–H groups in total. The molecule has 1 amide bonds. The lowest BCUT2D eigenvalue weighted by atomic mass is 10.1. The average Bonchev–Trinajstić information content (AvgIpc) is 2.78. The van der Waals surface area contributed by atoms with Crippen molar-refractivity contribution in [3.63, 3.8) is 0 Å². The fraction of sp³-hybridized carbons (Fsp3) is 0.120. The summed E-state index contributed by atoms with van der Waals surface area (Å²) in [5, 5.41) is 12.2. The van der Waals surface area contributed by atoms with Crippen molar-refractivity contribution in [3.8, 4) is 17.6 Å². The quantitative estimate of drug-likeness (QED) is 0.247. The summed E-state index contributed by atoms with van der Waals surface area (Å²) in [7, 11) is 0. The number of hydrogen-bond donors (Lipinski definition) is 1. The van der Waals surface area contributed by atoms with E-state index in [1.807, 2.05) is 31.2 Å². The molecule has 0 saturated heterocycles. The maximum atomic E-state index is 12.5. The fourth-order valence-corrected chi connectivity index (χ4v) is 3.97. The van der Waals surface area contributed by atoms with Gasteiger partial charge in [0.2, 0.25) is 0 Å². The number of carbonyl (C=O) groups is 1. The zero-order valence-electron chi connectivity index (χ0n) is 17.3. The van der Waals surface area contributed by atoms with E-state index in [1.54, 1.807) is 48.5 Å². The molecule has 32 heavy (non-hydrogen) atoms. The molecule has 0 aliphatic rings. The van der Waals surface area contributed by atoms with Gasteiger partial charge in [-0.2, -0.15) is 5.26 Å². The molecule has 7 heteroatoms. The van der Waals surface area contributed by atoms with Crippen LogP contribution in [0.1, 0.15) is 18.1 Å². The molecule has 162 valence electrons. The SMILES string of the molecule is CCOc1cccc(NC(=O)/C(C#N)=C\c2ccc(OCc3ccc(Br)cc3Br)cc2)c1. The van der Waals surface area contributed by atoms with Gasteiger partial charge in [0.05, 0.1) is 6.61 Å². The van der Waals surface area contributed by atoms with Crippen LogP contribution in [0.25, 0.3) is 6.08 Å². The highest BCUT2D eigenvalue weighted by Crippen LogP contribution is 2.24. The predicted octanol–water partition coefficient (Wildman–Crippen LogP) is 6.73. The van der Waals surface area contributed by atoms with Crippen LogP contribution in [-0.4, -0.2) is 12.5 Å². The van der Waals surface area contributed by atoms with Crippen LogP contribution in [0.3, 0.4) is 0 Å². The summed E-state index contributed by atoms with van der Waals surface area (Å²) in [4.78, 5) is 12.5. The van der Waals surface area contributed by atoms with E-state index in [1.165, 1.54) is 6.08 Å². The summed E-state index contributed by atoms with van der Waals surface area (Å²) in [5.74, 6) is 0.854. The molecular weight excluding hydrogens is 536 g/mol. The van der Waals surface area contributed by atoms with Crippen molar-refractivity contribution in [1.82, 2.24) is 0 Å². The molecule has 0 heterocycles. The summed E-state index contributed by atoms with van der Waals surface area (Å²) >= 11 is 6.95. The molecule has 0 aromatic heterocycles. The lowest BCUT2D eigenvalue weighted by Gasteiger charge is -2.09. The molecule has 3 aromatic carbocycles. The molecule has 0 bridgehead atoms. The second kappa shape index (κ2) is 11.5. The van der Waals surface area contributed by atoms with Crippen molar-refractivity contribution in [2.75, 3.05) is 11.9 Å². The minimum atomic E-state index is -0.485. The monoisotopic (exact) mass is 554 g/mol. The largest absolute Gasteiger partial charge is 0.494 e. The topological polar surface area (TPSA) is 71.3 Å². The van der Waals surface area contributed by atoms with Gasteiger partial charge in [0.25, 0.3) is 5.91 Å². The van der Waals surface area contributed by atoms with Crippen molar-refractivity contribution in [1.29, 1.82) is 5.26 Å². The number of nitrogens with one attached hydrogen (secondary N) is 1. The maximum absolute atomic E-state index is 12.5. The molecule has 3 rings (SSSR count). The highest BCUT2D eigenvalue weighted by atomic mass is 79.9. The predicted molar refractivity (Wildman–Crippen MR) is 132 cm³/mol. The van der Waals surface area contributed by atoms with Crippen LogP contribution in [0.4, 0.5) is 5.69 Å². The van der Waals surface area contributed by atoms with Crippen molar-refractivity contribution >= 4 is 49.5 Å². The second-order valence-electron chi connectivity index (χ2n) is 6.68. The zero-order chi connectivity index (χ0) is 22.9. The van der Waals surface area contributed by atoms with Gasteiger partial charge < -0.3 is 14.8 Å². The highest BCUT2D eigenvalue weighted by molar-refractivity contribution is 9.11. The van der Waals surface area contributed by atoms with Gasteiger partial charge in [-0.25, -0.2) is 0 Å². The number of amides is 1. The third-order valence-corrected chi connectivity index (χ3v) is 5.60. The summed E-state index contributed by atoms with van der Waals surface area (Å²) in [6, 6.07) is 22.1. The van der Waals surface area contributed by atoms with E-state index in [0.717, 1.165) is 20.1 Å². The Balaban J connectivity index is 1.64. The maximum Gasteiger partial charge on any atom is 0.266 e. The molecular formula is C25H20Br2N2O3. The standard InChI is InChI=1S/C25H20Br2N2O3/c1-2-31-23-5-3-4-21(14-23)29-25(30)19(15-28)12-17-6-10-22(11-7-17)32-16-18-8-9-20(26)13-24(18)27/h3-14H,2,16H2,1H3,(H,29,30)/b19-12-. The normalized spacial score (nSPS) is 10.9. The smallest absolute Gasteiger partial charge is 0.266 e. The lowest BCUT2D eigenvalue weighted by Crippen LogP contribution is -2.13. The number of carbonyl (C=O) groups excluding carboxylic acids is 1. The summed E-state index contributed by atoms with van der Waals surface area (Å²) in [6.07, 6.45) is 1.54. The highest BCUT2D eigenvalue weighted by Gasteiger charge is 2.10. The molecule has 0 spiro atoms. The molecule has 0 unspecified atom stereocenters. The van der Waals surface area contributed by atoms with Crippen LogP contribution in [0, 0.1) is 11.3 Å². The first-order valence-corrected chi connectivity index (χ1v) is 11.4. The number of halogens is 2. The Morgan fingerprint density at radius 1 is 1.03 bits per heavy atom. The van der Waals surface area contributed by atoms with E-state index in [9.17, 15) is 10.1 Å². The Morgan fingerprint density at radius 2 is 1.81 bits per heavy atom. The van der Waals surface area contributed by atoms with Crippen LogP contribution < -0.4 is 14.8 Å². The minimum Gasteiger partial charge on any atom is -0.494 e. The van der Waals surface area contributed by atoms with Crippen LogP contribution in [0.2, 0.25) is 0 Å². The molecule has 0 atom stereocenters. The second-order valence-corrected chi connectivity index (χ2v) is 8.45. The molecule has 0 aliphatic carbocycles. The fourth-order valence-electron chi connectivity index (χ4n) is 2.80. The Bertz CT molecular complexity index is 1170. The Kier molecular flexibility index (Phi) is 8.48. The number of benzene rings is 3. The van der Waals surface area contributed by atoms with Crippen LogP contribution in [-0.2, 0) is 11.4 Å². The van der Waals surface area contributed by atoms with E-state index < -0.39 is 5.91 Å². The molecule has 0 aliphatic heterocycles. The van der Waals surface area contributed by atoms with Gasteiger partial charge in [0, 0.05) is 26.3 Å². The molecule has 0 fully saturated rings. The first-order valence-electron chi connectivity index (χ1n) is 9.81. The van der Waals surface area contributed by atoms with Crippen molar-refractivity contribution in [2.45, 2.75) is 13.5 Å². The first kappa shape index (κ1) is 23.6. The van der Waals surface area contributed by atoms with Gasteiger partial charge in [0.1, 0.15) is 29.7 Å². The number of rotatable bonds is 8. The van der Waals surface area contributed by atoms with E-state index in [0.29, 0.717) is 30.4 Å². The number of ether oxygens (including phenoxy) is 2. The Labute approximate surface area is 203 Å². The van der Waals surface area contributed by atoms with Gasteiger partial charge in [0.15, 0.2) is 0 Å². The van der Waals surface area contributed by atoms with Crippen LogP contribution in [0.15, 0.2) is 81.2 Å². The lowest BCUT2D eigenvalue weighted by molar-refractivity contribution is -0.112. The molecule has 0 saturated carbocycles. The van der Waals surface area contributed by atoms with Gasteiger partial charge >= 0.3 is 0 Å². The van der Waals surface area contributed by atoms with Gasteiger partial charge in [-0.3, -0.25) is 4.79 Å². The molecule has 0 radical (unpaired) electrons. The summed E-state index contributed by atoms with van der Waals surface area (Å²) < 4.78 is 13.2. The summed E-state index contributed by atoms with van der Waals surface area (Å²) in [5.41, 5.74) is 2.30. The molecule has 3 aromatic rings. The Morgan fingerprint density at radius 3 is 2.50 bits per heavy atom. The van der Waals surface area contributed by atoms with Crippen molar-refractivity contribution in [2.24, 2.45) is 0 Å². The van der Waals surface area contributed by atoms with Gasteiger partial charge in [-0.15, -0.1) is 0 Å². The van der Waals surface area contributed by atoms with E-state index in [4.69, 9.17) is 9.47 Å². The number of nitriles is 1. The van der Waals surface area contributed by atoms with Gasteiger partial charge in [-0.05, 0) is 55.0 Å². The number of nitrogens with zero attached hydrogens (tertiary/aromatic N) is 1. The van der Waals surface area contributed by atoms with Crippen LogP contribution >= 0.6 is 31.9 Å². The first-order chi connectivity index (χ1) is 15.5. The minimum absolute atomic E-state index is 0.000672. The molecule has 5 nitrogen and oxygen atoms in total. The van der Waals surface area contributed by atoms with E-state index >= 15 is 0 Å². The van der Waals surface area contributed by atoms with Gasteiger partial charge in [-0.1, -0.05) is 56.1 Å². The Hall–Kier alpha value is -3.08. The number of hydrogen-bond acceptors (Lipinski definition) is 4. The average molecular weight is 556 g/mol. The van der Waals surface area contributed by atoms with Crippen molar-refractivity contribution < 1.29 is 14.3 Å². The number of anilines is 1. The van der Waals surface area contributed by atoms with E-state index in [-0.39, 0.29) is 5.57 Å². The third kappa shape index (κ3) is 6.71.